The number of halogens is 1. The predicted molar refractivity (Wildman–Crippen MR) is 150 cm³/mol. The van der Waals surface area contributed by atoms with E-state index >= 15 is 0 Å². The molecule has 0 saturated heterocycles. The highest BCUT2D eigenvalue weighted by Crippen LogP contribution is 2.34. The monoisotopic (exact) mass is 549 g/mol. The summed E-state index contributed by atoms with van der Waals surface area (Å²) in [6.07, 6.45) is 0. The molecule has 0 aromatic heterocycles. The first-order valence-corrected chi connectivity index (χ1v) is 13.4. The summed E-state index contributed by atoms with van der Waals surface area (Å²) < 4.78 is 23.2. The predicted octanol–water partition coefficient (Wildman–Crippen LogP) is 4.38. The second kappa shape index (κ2) is 9.91. The summed E-state index contributed by atoms with van der Waals surface area (Å²) in [7, 11) is -3.87. The number of carbonyl (C=O) groups is 1. The molecular formula is C26H20ClN5O3S2. The van der Waals surface area contributed by atoms with Crippen LogP contribution in [0.25, 0.3) is 10.8 Å². The Labute approximate surface area is 223 Å². The highest BCUT2D eigenvalue weighted by atomic mass is 35.5. The van der Waals surface area contributed by atoms with Crippen LogP contribution in [0.2, 0.25) is 5.02 Å². The van der Waals surface area contributed by atoms with Gasteiger partial charge in [0.25, 0.3) is 5.91 Å². The average Bonchev–Trinajstić information content (AvgIpc) is 3.12. The van der Waals surface area contributed by atoms with Crippen molar-refractivity contribution >= 4 is 72.7 Å². The lowest BCUT2D eigenvalue weighted by molar-refractivity contribution is -0.112. The molecule has 0 aliphatic carbocycles. The molecule has 4 aromatic carbocycles. The highest BCUT2D eigenvalue weighted by molar-refractivity contribution is 7.89. The number of hydrazone groups is 1. The van der Waals surface area contributed by atoms with Crippen molar-refractivity contribution in [2.75, 3.05) is 10.2 Å². The maximum absolute atomic E-state index is 13.5. The Hall–Kier alpha value is -3.83. The zero-order chi connectivity index (χ0) is 26.2. The number of hydrogen-bond donors (Lipinski definition) is 3. The van der Waals surface area contributed by atoms with Crippen LogP contribution in [0.3, 0.4) is 0 Å². The first-order valence-electron chi connectivity index (χ1n) is 11.1. The van der Waals surface area contributed by atoms with Crippen LogP contribution in [0.5, 0.6) is 0 Å². The molecule has 1 amide bonds. The number of nitrogens with two attached hydrogens (primary N) is 1. The van der Waals surface area contributed by atoms with Crippen molar-refractivity contribution in [3.05, 3.63) is 101 Å². The lowest BCUT2D eigenvalue weighted by Gasteiger charge is -2.18. The normalized spacial score (nSPS) is 14.2. The van der Waals surface area contributed by atoms with Crippen molar-refractivity contribution < 1.29 is 13.2 Å². The Morgan fingerprint density at radius 3 is 2.57 bits per heavy atom. The van der Waals surface area contributed by atoms with Crippen LogP contribution in [0.1, 0.15) is 11.1 Å². The van der Waals surface area contributed by atoms with Crippen molar-refractivity contribution in [1.82, 2.24) is 5.43 Å². The van der Waals surface area contributed by atoms with E-state index in [2.05, 4.69) is 15.8 Å². The molecule has 0 bridgehead atoms. The Morgan fingerprint density at radius 2 is 1.76 bits per heavy atom. The first-order chi connectivity index (χ1) is 17.7. The van der Waals surface area contributed by atoms with Gasteiger partial charge in [-0.2, -0.15) is 5.10 Å². The van der Waals surface area contributed by atoms with E-state index in [9.17, 15) is 13.2 Å². The van der Waals surface area contributed by atoms with Crippen LogP contribution in [0.15, 0.2) is 94.9 Å². The van der Waals surface area contributed by atoms with Gasteiger partial charge in [0.15, 0.2) is 10.8 Å². The third kappa shape index (κ3) is 5.18. The zero-order valence-electron chi connectivity index (χ0n) is 19.2. The minimum absolute atomic E-state index is 0.0583. The number of nitrogens with one attached hydrogen (secondary N) is 2. The van der Waals surface area contributed by atoms with Gasteiger partial charge in [-0.1, -0.05) is 60.1 Å². The number of fused-ring (bicyclic) bond motifs is 2. The van der Waals surface area contributed by atoms with E-state index < -0.39 is 10.0 Å². The number of carbonyl (C=O) groups excluding carboxylic acids is 1. The molecule has 4 aromatic rings. The van der Waals surface area contributed by atoms with Gasteiger partial charge in [0, 0.05) is 16.3 Å². The molecular weight excluding hydrogens is 530 g/mol. The molecule has 5 rings (SSSR count). The number of rotatable bonds is 5. The molecule has 1 aliphatic rings. The standard InChI is InChI=1S/C26H20ClN5O3S2/c27-18-11-12-23-22(13-18)24(30-31-26(36)29-19-8-4-9-20(14-19)37(28,34)35)25(33)32(23)15-17-7-3-6-16-5-1-2-10-21(16)17/h1-14H,15H2,(H2,28,34,35)(H2,29,31,36). The highest BCUT2D eigenvalue weighted by Gasteiger charge is 2.34. The van der Waals surface area contributed by atoms with Crippen LogP contribution in [-0.2, 0) is 21.4 Å². The summed E-state index contributed by atoms with van der Waals surface area (Å²) in [4.78, 5) is 15.1. The summed E-state index contributed by atoms with van der Waals surface area (Å²) in [6.45, 7) is 0.344. The summed E-state index contributed by atoms with van der Waals surface area (Å²) >= 11 is 11.5. The van der Waals surface area contributed by atoms with E-state index in [0.717, 1.165) is 16.3 Å². The molecule has 186 valence electrons. The molecule has 0 radical (unpaired) electrons. The van der Waals surface area contributed by atoms with E-state index in [1.54, 1.807) is 29.2 Å². The van der Waals surface area contributed by atoms with Gasteiger partial charge in [-0.25, -0.2) is 13.6 Å². The maximum atomic E-state index is 13.5. The second-order valence-electron chi connectivity index (χ2n) is 8.29. The van der Waals surface area contributed by atoms with Gasteiger partial charge in [0.1, 0.15) is 0 Å². The SMILES string of the molecule is NS(=O)(=O)c1cccc(NC(=S)NN=C2C(=O)N(Cc3cccc4ccccc34)c3ccc(Cl)cc32)c1. The Kier molecular flexibility index (Phi) is 6.65. The first kappa shape index (κ1) is 24.8. The Bertz CT molecular complexity index is 1700. The van der Waals surface area contributed by atoms with E-state index in [-0.39, 0.29) is 21.6 Å². The van der Waals surface area contributed by atoms with Gasteiger partial charge >= 0.3 is 0 Å². The van der Waals surface area contributed by atoms with Crippen molar-refractivity contribution in [3.8, 4) is 0 Å². The van der Waals surface area contributed by atoms with Crippen LogP contribution < -0.4 is 20.8 Å². The third-order valence-corrected chi connectivity index (χ3v) is 7.19. The van der Waals surface area contributed by atoms with Crippen molar-refractivity contribution in [3.63, 3.8) is 0 Å². The fraction of sp³-hybridized carbons (Fsp3) is 0.0385. The number of primary sulfonamides is 1. The average molecular weight is 550 g/mol. The van der Waals surface area contributed by atoms with Gasteiger partial charge in [-0.15, -0.1) is 0 Å². The van der Waals surface area contributed by atoms with Gasteiger partial charge in [0.05, 0.1) is 17.1 Å². The zero-order valence-corrected chi connectivity index (χ0v) is 21.6. The number of nitrogens with zero attached hydrogens (tertiary/aromatic N) is 2. The molecule has 11 heteroatoms. The van der Waals surface area contributed by atoms with Gasteiger partial charge < -0.3 is 10.2 Å². The Balaban J connectivity index is 1.41. The summed E-state index contributed by atoms with van der Waals surface area (Å²) in [5.41, 5.74) is 5.47. The van der Waals surface area contributed by atoms with Crippen LogP contribution in [0.4, 0.5) is 11.4 Å². The maximum Gasteiger partial charge on any atom is 0.279 e. The number of benzene rings is 4. The molecule has 1 aliphatic heterocycles. The molecule has 0 atom stereocenters. The number of amides is 1. The van der Waals surface area contributed by atoms with Crippen molar-refractivity contribution in [2.45, 2.75) is 11.4 Å². The van der Waals surface area contributed by atoms with E-state index in [4.69, 9.17) is 29.0 Å². The lowest BCUT2D eigenvalue weighted by Crippen LogP contribution is -2.32. The number of anilines is 2. The van der Waals surface area contributed by atoms with Crippen LogP contribution in [-0.4, -0.2) is 25.1 Å². The van der Waals surface area contributed by atoms with Crippen molar-refractivity contribution in [2.24, 2.45) is 10.2 Å². The Morgan fingerprint density at radius 1 is 1.00 bits per heavy atom. The van der Waals surface area contributed by atoms with E-state index in [1.807, 2.05) is 42.5 Å². The van der Waals surface area contributed by atoms with Gasteiger partial charge in [-0.3, -0.25) is 10.2 Å². The minimum Gasteiger partial charge on any atom is -0.331 e. The largest absolute Gasteiger partial charge is 0.331 e. The number of thiocarbonyl (C=S) groups is 1. The molecule has 37 heavy (non-hydrogen) atoms. The molecule has 4 N–H and O–H groups in total. The molecule has 0 saturated carbocycles. The molecule has 1 heterocycles. The smallest absolute Gasteiger partial charge is 0.279 e. The minimum atomic E-state index is -3.87. The molecule has 8 nitrogen and oxygen atoms in total. The summed E-state index contributed by atoms with van der Waals surface area (Å²) in [6, 6.07) is 25.1. The lowest BCUT2D eigenvalue weighted by atomic mass is 10.0. The number of sulfonamides is 1. The number of hydrogen-bond acceptors (Lipinski definition) is 5. The third-order valence-electron chi connectivity index (χ3n) is 5.85. The molecule has 0 fully saturated rings. The van der Waals surface area contributed by atoms with Gasteiger partial charge in [0.2, 0.25) is 10.0 Å². The van der Waals surface area contributed by atoms with Crippen LogP contribution in [0, 0.1) is 0 Å². The van der Waals surface area contributed by atoms with Crippen LogP contribution >= 0.6 is 23.8 Å². The van der Waals surface area contributed by atoms with Crippen molar-refractivity contribution in [1.29, 1.82) is 0 Å². The van der Waals surface area contributed by atoms with E-state index in [0.29, 0.717) is 28.5 Å². The fourth-order valence-electron chi connectivity index (χ4n) is 4.17. The quantitative estimate of drug-likeness (QED) is 0.251. The second-order valence-corrected chi connectivity index (χ2v) is 10.7. The fourth-order valence-corrected chi connectivity index (χ4v) is 5.06. The van der Waals surface area contributed by atoms with E-state index in [1.165, 1.54) is 18.2 Å². The summed E-state index contributed by atoms with van der Waals surface area (Å²) in [5, 5.41) is 15.0. The molecule has 0 spiro atoms. The van der Waals surface area contributed by atoms with Gasteiger partial charge in [-0.05, 0) is 65.0 Å². The molecule has 0 unspecified atom stereocenters. The summed E-state index contributed by atoms with van der Waals surface area (Å²) in [5.74, 6) is -0.309. The topological polar surface area (TPSA) is 117 Å².